The fourth-order valence-corrected chi connectivity index (χ4v) is 3.61. The average Bonchev–Trinajstić information content (AvgIpc) is 3.03. The van der Waals surface area contributed by atoms with Crippen LogP contribution in [0, 0.1) is 6.92 Å². The van der Waals surface area contributed by atoms with E-state index in [9.17, 15) is 8.42 Å². The van der Waals surface area contributed by atoms with Crippen LogP contribution in [0.2, 0.25) is 0 Å². The van der Waals surface area contributed by atoms with Gasteiger partial charge in [0.15, 0.2) is 0 Å². The molecule has 1 heterocycles. The van der Waals surface area contributed by atoms with Crippen LogP contribution in [0.15, 0.2) is 65.3 Å². The lowest BCUT2D eigenvalue weighted by molar-refractivity contribution is 0.435. The maximum Gasteiger partial charge on any atom is 0.245 e. The molecule has 0 amide bonds. The Morgan fingerprint density at radius 2 is 1.76 bits per heavy atom. The second-order valence-corrected chi connectivity index (χ2v) is 7.79. The third-order valence-corrected chi connectivity index (χ3v) is 5.23. The number of aromatic nitrogens is 1. The van der Waals surface area contributed by atoms with Gasteiger partial charge in [-0.15, -0.1) is 0 Å². The van der Waals surface area contributed by atoms with Crippen LogP contribution >= 0.6 is 0 Å². The normalized spacial score (nSPS) is 11.4. The number of benzene rings is 2. The van der Waals surface area contributed by atoms with Crippen molar-refractivity contribution in [2.45, 2.75) is 19.8 Å². The van der Waals surface area contributed by atoms with E-state index in [2.05, 4.69) is 9.88 Å². The SMILES string of the molecule is Cc1ccc(-c2cnoc2NS(=O)(=O)CCCc2ccccc2)cc1. The number of nitrogens with zero attached hydrogens (tertiary/aromatic N) is 1. The summed E-state index contributed by atoms with van der Waals surface area (Å²) in [6.45, 7) is 1.99. The molecule has 0 radical (unpaired) electrons. The molecular formula is C19H20N2O3S. The summed E-state index contributed by atoms with van der Waals surface area (Å²) in [4.78, 5) is 0. The van der Waals surface area contributed by atoms with E-state index in [1.54, 1.807) is 0 Å². The number of hydrogen-bond donors (Lipinski definition) is 1. The lowest BCUT2D eigenvalue weighted by atomic mass is 10.1. The predicted molar refractivity (Wildman–Crippen MR) is 98.8 cm³/mol. The van der Waals surface area contributed by atoms with Gasteiger partial charge in [-0.25, -0.2) is 8.42 Å². The van der Waals surface area contributed by atoms with Gasteiger partial charge in [0.2, 0.25) is 15.9 Å². The van der Waals surface area contributed by atoms with Gasteiger partial charge >= 0.3 is 0 Å². The monoisotopic (exact) mass is 356 g/mol. The molecule has 0 saturated carbocycles. The van der Waals surface area contributed by atoms with Gasteiger partial charge in [0.25, 0.3) is 0 Å². The third-order valence-electron chi connectivity index (χ3n) is 3.90. The molecule has 0 spiro atoms. The van der Waals surface area contributed by atoms with Crippen LogP contribution in [-0.4, -0.2) is 19.3 Å². The Kier molecular flexibility index (Phi) is 5.19. The fourth-order valence-electron chi connectivity index (χ4n) is 2.56. The van der Waals surface area contributed by atoms with E-state index in [4.69, 9.17) is 4.52 Å². The second-order valence-electron chi connectivity index (χ2n) is 5.94. The molecule has 0 bridgehead atoms. The van der Waals surface area contributed by atoms with E-state index < -0.39 is 10.0 Å². The van der Waals surface area contributed by atoms with Crippen LogP contribution in [0.25, 0.3) is 11.1 Å². The zero-order valence-corrected chi connectivity index (χ0v) is 14.8. The van der Waals surface area contributed by atoms with Gasteiger partial charge in [-0.1, -0.05) is 65.3 Å². The van der Waals surface area contributed by atoms with E-state index in [1.807, 2.05) is 61.5 Å². The summed E-state index contributed by atoms with van der Waals surface area (Å²) >= 11 is 0. The number of hydrogen-bond acceptors (Lipinski definition) is 4. The Hall–Kier alpha value is -2.60. The van der Waals surface area contributed by atoms with Crippen molar-refractivity contribution >= 4 is 15.9 Å². The van der Waals surface area contributed by atoms with E-state index in [0.29, 0.717) is 18.4 Å². The molecule has 1 aromatic heterocycles. The Morgan fingerprint density at radius 3 is 2.48 bits per heavy atom. The van der Waals surface area contributed by atoms with E-state index in [0.717, 1.165) is 16.7 Å². The van der Waals surface area contributed by atoms with Crippen molar-refractivity contribution in [2.75, 3.05) is 10.5 Å². The van der Waals surface area contributed by atoms with Crippen LogP contribution in [0.4, 0.5) is 5.88 Å². The topological polar surface area (TPSA) is 72.2 Å². The summed E-state index contributed by atoms with van der Waals surface area (Å²) < 4.78 is 32.3. The number of sulfonamides is 1. The lowest BCUT2D eigenvalue weighted by Gasteiger charge is -2.07. The van der Waals surface area contributed by atoms with Gasteiger partial charge in [-0.3, -0.25) is 4.72 Å². The minimum atomic E-state index is -3.50. The van der Waals surface area contributed by atoms with Crippen molar-refractivity contribution in [3.63, 3.8) is 0 Å². The third kappa shape index (κ3) is 4.70. The van der Waals surface area contributed by atoms with Crippen LogP contribution in [0.1, 0.15) is 17.5 Å². The highest BCUT2D eigenvalue weighted by molar-refractivity contribution is 7.92. The quantitative estimate of drug-likeness (QED) is 0.694. The van der Waals surface area contributed by atoms with Gasteiger partial charge in [-0.2, -0.15) is 0 Å². The largest absolute Gasteiger partial charge is 0.337 e. The van der Waals surface area contributed by atoms with Crippen LogP contribution in [0.5, 0.6) is 0 Å². The van der Waals surface area contributed by atoms with Crippen LogP contribution < -0.4 is 4.72 Å². The molecule has 0 saturated heterocycles. The Balaban J connectivity index is 1.65. The summed E-state index contributed by atoms with van der Waals surface area (Å²) in [7, 11) is -3.50. The molecule has 25 heavy (non-hydrogen) atoms. The molecule has 0 atom stereocenters. The molecule has 5 nitrogen and oxygen atoms in total. The van der Waals surface area contributed by atoms with Crippen molar-refractivity contribution in [3.8, 4) is 11.1 Å². The minimum Gasteiger partial charge on any atom is -0.337 e. The maximum absolute atomic E-state index is 12.3. The van der Waals surface area contributed by atoms with Crippen LogP contribution in [0.3, 0.4) is 0 Å². The Morgan fingerprint density at radius 1 is 1.04 bits per heavy atom. The molecule has 130 valence electrons. The molecule has 2 aromatic carbocycles. The van der Waals surface area contributed by atoms with Gasteiger partial charge in [-0.05, 0) is 30.9 Å². The van der Waals surface area contributed by atoms with Gasteiger partial charge < -0.3 is 4.52 Å². The highest BCUT2D eigenvalue weighted by atomic mass is 32.2. The summed E-state index contributed by atoms with van der Waals surface area (Å²) in [5.41, 5.74) is 3.74. The second kappa shape index (κ2) is 7.53. The minimum absolute atomic E-state index is 0.0237. The molecule has 1 N–H and O–H groups in total. The van der Waals surface area contributed by atoms with E-state index in [-0.39, 0.29) is 11.6 Å². The number of aryl methyl sites for hydroxylation is 2. The Labute approximate surface area is 147 Å². The number of anilines is 1. The molecule has 0 fully saturated rings. The molecule has 0 aliphatic carbocycles. The standard InChI is InChI=1S/C19H20N2O3S/c1-15-9-11-17(12-10-15)18-14-20-24-19(18)21-25(22,23)13-5-8-16-6-3-2-4-7-16/h2-4,6-7,9-12,14,21H,5,8,13H2,1H3. The molecule has 3 aromatic rings. The first kappa shape index (κ1) is 17.2. The van der Waals surface area contributed by atoms with Crippen molar-refractivity contribution < 1.29 is 12.9 Å². The van der Waals surface area contributed by atoms with E-state index >= 15 is 0 Å². The molecular weight excluding hydrogens is 336 g/mol. The van der Waals surface area contributed by atoms with E-state index in [1.165, 1.54) is 6.20 Å². The molecule has 0 aliphatic heterocycles. The van der Waals surface area contributed by atoms with Crippen molar-refractivity contribution in [1.29, 1.82) is 0 Å². The zero-order valence-electron chi connectivity index (χ0n) is 14.0. The maximum atomic E-state index is 12.3. The van der Waals surface area contributed by atoms with Crippen molar-refractivity contribution in [2.24, 2.45) is 0 Å². The molecule has 0 unspecified atom stereocenters. The number of rotatable bonds is 7. The first-order valence-corrected chi connectivity index (χ1v) is 9.75. The number of nitrogens with one attached hydrogen (secondary N) is 1. The summed E-state index contributed by atoms with van der Waals surface area (Å²) in [5, 5.41) is 3.73. The summed E-state index contributed by atoms with van der Waals surface area (Å²) in [6, 6.07) is 17.6. The van der Waals surface area contributed by atoms with Crippen molar-refractivity contribution in [1.82, 2.24) is 5.16 Å². The molecule has 0 aliphatic rings. The fraction of sp³-hybridized carbons (Fsp3) is 0.211. The first-order chi connectivity index (χ1) is 12.0. The smallest absolute Gasteiger partial charge is 0.245 e. The first-order valence-electron chi connectivity index (χ1n) is 8.10. The van der Waals surface area contributed by atoms with Gasteiger partial charge in [0.1, 0.15) is 0 Å². The Bertz CT molecular complexity index is 917. The predicted octanol–water partition coefficient (Wildman–Crippen LogP) is 4.02. The summed E-state index contributed by atoms with van der Waals surface area (Å²) in [6.07, 6.45) is 2.77. The highest BCUT2D eigenvalue weighted by Gasteiger charge is 2.17. The summed E-state index contributed by atoms with van der Waals surface area (Å²) in [5.74, 6) is 0.180. The zero-order chi connectivity index (χ0) is 17.7. The average molecular weight is 356 g/mol. The molecule has 6 heteroatoms. The van der Waals surface area contributed by atoms with Gasteiger partial charge in [0, 0.05) is 0 Å². The lowest BCUT2D eigenvalue weighted by Crippen LogP contribution is -2.17. The van der Waals surface area contributed by atoms with Crippen LogP contribution in [-0.2, 0) is 16.4 Å². The highest BCUT2D eigenvalue weighted by Crippen LogP contribution is 2.28. The van der Waals surface area contributed by atoms with Crippen molar-refractivity contribution in [3.05, 3.63) is 71.9 Å². The van der Waals surface area contributed by atoms with Gasteiger partial charge in [0.05, 0.1) is 17.5 Å². The molecule has 3 rings (SSSR count).